The number of pyridine rings is 1. The molecule has 2 heterocycles. The van der Waals surface area contributed by atoms with Crippen LogP contribution >= 0.6 is 11.3 Å². The van der Waals surface area contributed by atoms with Gasteiger partial charge in [0.2, 0.25) is 0 Å². The summed E-state index contributed by atoms with van der Waals surface area (Å²) in [6.07, 6.45) is 1.64. The van der Waals surface area contributed by atoms with Crippen LogP contribution in [0.25, 0.3) is 0 Å². The molecule has 0 fully saturated rings. The first-order valence-corrected chi connectivity index (χ1v) is 7.32. The minimum atomic E-state index is -0.115. The zero-order valence-electron chi connectivity index (χ0n) is 11.1. The molecule has 2 N–H and O–H groups in total. The first kappa shape index (κ1) is 13.3. The lowest BCUT2D eigenvalue weighted by atomic mass is 10.3. The van der Waals surface area contributed by atoms with Gasteiger partial charge in [-0.15, -0.1) is 11.3 Å². The van der Waals surface area contributed by atoms with E-state index in [9.17, 15) is 4.79 Å². The van der Waals surface area contributed by atoms with E-state index in [0.29, 0.717) is 10.6 Å². The van der Waals surface area contributed by atoms with Crippen molar-refractivity contribution in [3.05, 3.63) is 71.1 Å². The molecule has 21 heavy (non-hydrogen) atoms. The molecule has 0 bridgehead atoms. The molecule has 0 radical (unpaired) electrons. The van der Waals surface area contributed by atoms with Gasteiger partial charge < -0.3 is 10.6 Å². The summed E-state index contributed by atoms with van der Waals surface area (Å²) in [7, 11) is 0. The third kappa shape index (κ3) is 3.46. The molecule has 104 valence electrons. The Hall–Kier alpha value is -2.66. The highest BCUT2D eigenvalue weighted by Gasteiger charge is 2.06. The van der Waals surface area contributed by atoms with E-state index in [1.165, 1.54) is 11.3 Å². The van der Waals surface area contributed by atoms with E-state index in [4.69, 9.17) is 0 Å². The zero-order chi connectivity index (χ0) is 14.5. The average molecular weight is 295 g/mol. The van der Waals surface area contributed by atoms with Crippen LogP contribution < -0.4 is 10.6 Å². The quantitative estimate of drug-likeness (QED) is 0.760. The van der Waals surface area contributed by atoms with Crippen molar-refractivity contribution in [2.24, 2.45) is 0 Å². The van der Waals surface area contributed by atoms with E-state index >= 15 is 0 Å². The lowest BCUT2D eigenvalue weighted by molar-refractivity contribution is 0.103. The van der Waals surface area contributed by atoms with Crippen LogP contribution in [-0.2, 0) is 0 Å². The summed E-state index contributed by atoms with van der Waals surface area (Å²) in [5.74, 6) is 0.617. The Morgan fingerprint density at radius 3 is 2.48 bits per heavy atom. The Bertz CT molecular complexity index is 709. The van der Waals surface area contributed by atoms with Gasteiger partial charge in [0.05, 0.1) is 16.8 Å². The number of para-hydroxylation sites is 1. The lowest BCUT2D eigenvalue weighted by Gasteiger charge is -2.07. The summed E-state index contributed by atoms with van der Waals surface area (Å²) in [5, 5.41) is 7.88. The van der Waals surface area contributed by atoms with Crippen molar-refractivity contribution in [3.8, 4) is 0 Å². The number of carbonyl (C=O) groups excluding carboxylic acids is 1. The number of aromatic nitrogens is 1. The molecule has 2 aromatic heterocycles. The first-order chi connectivity index (χ1) is 10.3. The number of thiophene rings is 1. The summed E-state index contributed by atoms with van der Waals surface area (Å²) >= 11 is 1.41. The van der Waals surface area contributed by atoms with Crippen LogP contribution in [0.5, 0.6) is 0 Å². The van der Waals surface area contributed by atoms with Crippen molar-refractivity contribution in [1.82, 2.24) is 4.98 Å². The van der Waals surface area contributed by atoms with E-state index in [1.807, 2.05) is 53.9 Å². The van der Waals surface area contributed by atoms with Crippen molar-refractivity contribution in [2.45, 2.75) is 0 Å². The molecule has 5 heteroatoms. The molecule has 1 amide bonds. The van der Waals surface area contributed by atoms with Gasteiger partial charge in [0.1, 0.15) is 5.82 Å². The van der Waals surface area contributed by atoms with E-state index in [-0.39, 0.29) is 5.91 Å². The normalized spacial score (nSPS) is 10.1. The molecule has 3 aromatic rings. The van der Waals surface area contributed by atoms with Gasteiger partial charge in [-0.2, -0.15) is 0 Å². The standard InChI is InChI=1S/C16H13N3OS/c20-16(14-7-4-10-21-14)19-13-8-9-15(17-11-13)18-12-5-2-1-3-6-12/h1-11H,(H,17,18)(H,19,20). The fraction of sp³-hybridized carbons (Fsp3) is 0. The van der Waals surface area contributed by atoms with Gasteiger partial charge in [0, 0.05) is 5.69 Å². The maximum absolute atomic E-state index is 11.9. The molecular formula is C16H13N3OS. The number of hydrogen-bond acceptors (Lipinski definition) is 4. The third-order valence-electron chi connectivity index (χ3n) is 2.81. The van der Waals surface area contributed by atoms with Gasteiger partial charge in [-0.3, -0.25) is 4.79 Å². The lowest BCUT2D eigenvalue weighted by Crippen LogP contribution is -2.10. The Morgan fingerprint density at radius 2 is 1.81 bits per heavy atom. The number of hydrogen-bond donors (Lipinski definition) is 2. The monoisotopic (exact) mass is 295 g/mol. The van der Waals surface area contributed by atoms with Crippen LogP contribution in [-0.4, -0.2) is 10.9 Å². The second kappa shape index (κ2) is 6.19. The van der Waals surface area contributed by atoms with E-state index in [2.05, 4.69) is 15.6 Å². The van der Waals surface area contributed by atoms with Gasteiger partial charge >= 0.3 is 0 Å². The maximum Gasteiger partial charge on any atom is 0.265 e. The summed E-state index contributed by atoms with van der Waals surface area (Å²) in [6.45, 7) is 0. The van der Waals surface area contributed by atoms with E-state index in [1.54, 1.807) is 12.3 Å². The van der Waals surface area contributed by atoms with Gasteiger partial charge in [-0.1, -0.05) is 24.3 Å². The van der Waals surface area contributed by atoms with Gasteiger partial charge in [-0.25, -0.2) is 4.98 Å². The Kier molecular flexibility index (Phi) is 3.93. The van der Waals surface area contributed by atoms with Crippen molar-refractivity contribution in [3.63, 3.8) is 0 Å². The predicted octanol–water partition coefficient (Wildman–Crippen LogP) is 4.14. The van der Waals surface area contributed by atoms with Gasteiger partial charge in [-0.05, 0) is 35.7 Å². The van der Waals surface area contributed by atoms with E-state index < -0.39 is 0 Å². The fourth-order valence-electron chi connectivity index (χ4n) is 1.81. The minimum Gasteiger partial charge on any atom is -0.340 e. The molecule has 0 aliphatic heterocycles. The summed E-state index contributed by atoms with van der Waals surface area (Å²) in [4.78, 5) is 16.9. The zero-order valence-corrected chi connectivity index (χ0v) is 11.9. The SMILES string of the molecule is O=C(Nc1ccc(Nc2ccccc2)nc1)c1cccs1. The molecular weight excluding hydrogens is 282 g/mol. The summed E-state index contributed by atoms with van der Waals surface area (Å²) < 4.78 is 0. The number of anilines is 3. The molecule has 0 saturated heterocycles. The number of carbonyl (C=O) groups is 1. The molecule has 4 nitrogen and oxygen atoms in total. The molecule has 0 spiro atoms. The van der Waals surface area contributed by atoms with Crippen LogP contribution in [0.2, 0.25) is 0 Å². The van der Waals surface area contributed by atoms with Crippen LogP contribution in [0.1, 0.15) is 9.67 Å². The highest BCUT2D eigenvalue weighted by Crippen LogP contribution is 2.17. The number of rotatable bonds is 4. The molecule has 3 rings (SSSR count). The van der Waals surface area contributed by atoms with Crippen LogP contribution in [0.15, 0.2) is 66.2 Å². The maximum atomic E-state index is 11.9. The average Bonchev–Trinajstić information content (AvgIpc) is 3.05. The Labute approximate surface area is 126 Å². The highest BCUT2D eigenvalue weighted by molar-refractivity contribution is 7.12. The largest absolute Gasteiger partial charge is 0.340 e. The van der Waals surface area contributed by atoms with Crippen LogP contribution in [0, 0.1) is 0 Å². The molecule has 0 aliphatic rings. The van der Waals surface area contributed by atoms with E-state index in [0.717, 1.165) is 11.5 Å². The van der Waals surface area contributed by atoms with Crippen LogP contribution in [0.4, 0.5) is 17.2 Å². The van der Waals surface area contributed by atoms with Gasteiger partial charge in [0.25, 0.3) is 5.91 Å². The highest BCUT2D eigenvalue weighted by atomic mass is 32.1. The van der Waals surface area contributed by atoms with Crippen molar-refractivity contribution < 1.29 is 4.79 Å². The number of nitrogens with zero attached hydrogens (tertiary/aromatic N) is 1. The first-order valence-electron chi connectivity index (χ1n) is 6.44. The fourth-order valence-corrected chi connectivity index (χ4v) is 2.43. The van der Waals surface area contributed by atoms with Crippen LogP contribution in [0.3, 0.4) is 0 Å². The summed E-state index contributed by atoms with van der Waals surface area (Å²) in [5.41, 5.74) is 1.65. The van der Waals surface area contributed by atoms with Gasteiger partial charge in [0.15, 0.2) is 0 Å². The second-order valence-electron chi connectivity index (χ2n) is 4.35. The second-order valence-corrected chi connectivity index (χ2v) is 5.30. The number of benzene rings is 1. The topological polar surface area (TPSA) is 54.0 Å². The molecule has 1 aromatic carbocycles. The Morgan fingerprint density at radius 1 is 0.952 bits per heavy atom. The number of nitrogens with one attached hydrogen (secondary N) is 2. The summed E-state index contributed by atoms with van der Waals surface area (Å²) in [6, 6.07) is 17.1. The van der Waals surface area contributed by atoms with Crippen molar-refractivity contribution in [2.75, 3.05) is 10.6 Å². The van der Waals surface area contributed by atoms with Crippen molar-refractivity contribution >= 4 is 34.4 Å². The minimum absolute atomic E-state index is 0.115. The van der Waals surface area contributed by atoms with Crippen molar-refractivity contribution in [1.29, 1.82) is 0 Å². The smallest absolute Gasteiger partial charge is 0.265 e. The Balaban J connectivity index is 1.65. The number of amides is 1. The molecule has 0 saturated carbocycles. The molecule has 0 unspecified atom stereocenters. The third-order valence-corrected chi connectivity index (χ3v) is 3.68. The molecule has 0 atom stereocenters. The predicted molar refractivity (Wildman–Crippen MR) is 86.2 cm³/mol. The molecule has 0 aliphatic carbocycles.